The molecule has 4 rings (SSSR count). The highest BCUT2D eigenvalue weighted by Crippen LogP contribution is 2.29. The maximum Gasteiger partial charge on any atom is 0.262 e. The zero-order valence-corrected chi connectivity index (χ0v) is 19.9. The van der Waals surface area contributed by atoms with E-state index in [-0.39, 0.29) is 24.1 Å². The molecule has 180 valence electrons. The van der Waals surface area contributed by atoms with Crippen LogP contribution >= 0.6 is 11.8 Å². The van der Waals surface area contributed by atoms with Crippen LogP contribution in [-0.2, 0) is 16.0 Å². The van der Waals surface area contributed by atoms with Gasteiger partial charge in [-0.2, -0.15) is 9.98 Å². The average molecular weight is 485 g/mol. The number of carbonyl (C=O) groups excluding carboxylic acids is 3. The van der Waals surface area contributed by atoms with Crippen LogP contribution in [0.4, 0.5) is 5.69 Å². The second-order valence-corrected chi connectivity index (χ2v) is 9.48. The summed E-state index contributed by atoms with van der Waals surface area (Å²) >= 11 is 1.37. The third kappa shape index (κ3) is 6.43. The number of hydrogen-bond acceptors (Lipinski definition) is 8. The Bertz CT molecular complexity index is 1080. The number of nitrogens with one attached hydrogen (secondary N) is 2. The zero-order chi connectivity index (χ0) is 23.9. The molecule has 3 heterocycles. The Hall–Kier alpha value is -3.21. The third-order valence-electron chi connectivity index (χ3n) is 5.56. The molecule has 2 aromatic rings. The summed E-state index contributed by atoms with van der Waals surface area (Å²) in [5, 5.41) is 9.60. The van der Waals surface area contributed by atoms with Crippen LogP contribution in [0, 0.1) is 6.92 Å². The minimum atomic E-state index is -0.508. The lowest BCUT2D eigenvalue weighted by Crippen LogP contribution is -2.33. The van der Waals surface area contributed by atoms with Crippen molar-refractivity contribution in [2.75, 3.05) is 25.0 Å². The van der Waals surface area contributed by atoms with Gasteiger partial charge in [-0.05, 0) is 50.8 Å². The Morgan fingerprint density at radius 2 is 2.06 bits per heavy atom. The molecule has 2 aliphatic heterocycles. The molecule has 3 amide bonds. The molecule has 11 heteroatoms. The van der Waals surface area contributed by atoms with E-state index >= 15 is 0 Å². The van der Waals surface area contributed by atoms with E-state index in [1.807, 2.05) is 0 Å². The standard InChI is InChI=1S/C23H28N6O4S/c1-15-25-20(33-28-15)9-6-10-24-21(31)16-7-5-8-17(13-16)26-19(30)14-18-22(32)27-23(34-18)29-11-3-2-4-12-29/h5,7-8,13,18H,2-4,6,9-12,14H2,1H3,(H,24,31)(H,26,30). The van der Waals surface area contributed by atoms with Gasteiger partial charge >= 0.3 is 0 Å². The number of rotatable bonds is 8. The topological polar surface area (TPSA) is 130 Å². The summed E-state index contributed by atoms with van der Waals surface area (Å²) in [6, 6.07) is 6.72. The number of hydrogen-bond donors (Lipinski definition) is 2. The van der Waals surface area contributed by atoms with E-state index in [0.29, 0.717) is 42.4 Å². The zero-order valence-electron chi connectivity index (χ0n) is 19.1. The van der Waals surface area contributed by atoms with Crippen LogP contribution in [0.3, 0.4) is 0 Å². The molecule has 2 N–H and O–H groups in total. The lowest BCUT2D eigenvalue weighted by atomic mass is 10.1. The molecule has 1 fully saturated rings. The van der Waals surface area contributed by atoms with Gasteiger partial charge in [-0.3, -0.25) is 14.4 Å². The van der Waals surface area contributed by atoms with Crippen molar-refractivity contribution in [1.82, 2.24) is 20.4 Å². The van der Waals surface area contributed by atoms with Crippen LogP contribution in [-0.4, -0.2) is 62.8 Å². The highest BCUT2D eigenvalue weighted by atomic mass is 32.2. The number of amidine groups is 1. The van der Waals surface area contributed by atoms with E-state index in [1.165, 1.54) is 18.2 Å². The SMILES string of the molecule is Cc1noc(CCCNC(=O)c2cccc(NC(=O)CC3SC(N4CCCCC4)=NC3=O)c2)n1. The summed E-state index contributed by atoms with van der Waals surface area (Å²) in [7, 11) is 0. The van der Waals surface area contributed by atoms with Crippen molar-refractivity contribution in [3.63, 3.8) is 0 Å². The summed E-state index contributed by atoms with van der Waals surface area (Å²) in [4.78, 5) is 47.8. The van der Waals surface area contributed by atoms with Crippen molar-refractivity contribution in [2.24, 2.45) is 4.99 Å². The number of likely N-dealkylation sites (tertiary alicyclic amines) is 1. The molecule has 0 bridgehead atoms. The van der Waals surface area contributed by atoms with Crippen LogP contribution < -0.4 is 10.6 Å². The van der Waals surface area contributed by atoms with Crippen LogP contribution in [0.25, 0.3) is 0 Å². The summed E-state index contributed by atoms with van der Waals surface area (Å²) < 4.78 is 5.05. The van der Waals surface area contributed by atoms with Crippen molar-refractivity contribution in [2.45, 2.75) is 50.7 Å². The largest absolute Gasteiger partial charge is 0.352 e. The Kier molecular flexibility index (Phi) is 7.94. The van der Waals surface area contributed by atoms with Gasteiger partial charge in [0.2, 0.25) is 11.8 Å². The summed E-state index contributed by atoms with van der Waals surface area (Å²) in [6.07, 6.45) is 4.68. The van der Waals surface area contributed by atoms with E-state index in [9.17, 15) is 14.4 Å². The predicted molar refractivity (Wildman–Crippen MR) is 129 cm³/mol. The number of nitrogens with zero attached hydrogens (tertiary/aromatic N) is 4. The first-order valence-electron chi connectivity index (χ1n) is 11.5. The summed E-state index contributed by atoms with van der Waals surface area (Å²) in [6.45, 7) is 4.02. The molecule has 0 radical (unpaired) electrons. The molecule has 10 nitrogen and oxygen atoms in total. The lowest BCUT2D eigenvalue weighted by molar-refractivity contribution is -0.121. The Labute approximate surface area is 201 Å². The van der Waals surface area contributed by atoms with E-state index < -0.39 is 5.25 Å². The molecule has 1 aromatic heterocycles. The van der Waals surface area contributed by atoms with Crippen molar-refractivity contribution < 1.29 is 18.9 Å². The fourth-order valence-electron chi connectivity index (χ4n) is 3.83. The van der Waals surface area contributed by atoms with Gasteiger partial charge in [0.05, 0.1) is 0 Å². The highest BCUT2D eigenvalue weighted by Gasteiger charge is 2.33. The van der Waals surface area contributed by atoms with Crippen molar-refractivity contribution in [3.8, 4) is 0 Å². The molecule has 1 unspecified atom stereocenters. The maximum absolute atomic E-state index is 12.6. The first-order chi connectivity index (χ1) is 16.5. The van der Waals surface area contributed by atoms with Crippen molar-refractivity contribution in [3.05, 3.63) is 41.5 Å². The molecular formula is C23H28N6O4S. The van der Waals surface area contributed by atoms with E-state index in [1.54, 1.807) is 31.2 Å². The second kappa shape index (κ2) is 11.3. The number of thioether (sulfide) groups is 1. The van der Waals surface area contributed by atoms with E-state index in [0.717, 1.165) is 31.1 Å². The van der Waals surface area contributed by atoms with Crippen LogP contribution in [0.5, 0.6) is 0 Å². The number of piperidine rings is 1. The van der Waals surface area contributed by atoms with Gasteiger partial charge in [-0.1, -0.05) is 23.0 Å². The Morgan fingerprint density at radius 1 is 1.24 bits per heavy atom. The van der Waals surface area contributed by atoms with Gasteiger partial charge in [0.15, 0.2) is 11.0 Å². The maximum atomic E-state index is 12.6. The quantitative estimate of drug-likeness (QED) is 0.547. The van der Waals surface area contributed by atoms with Crippen molar-refractivity contribution in [1.29, 1.82) is 0 Å². The lowest BCUT2D eigenvalue weighted by Gasteiger charge is -2.27. The van der Waals surface area contributed by atoms with Crippen LogP contribution in [0.2, 0.25) is 0 Å². The number of aromatic nitrogens is 2. The Balaban J connectivity index is 1.23. The van der Waals surface area contributed by atoms with Gasteiger partial charge in [0, 0.05) is 43.7 Å². The Morgan fingerprint density at radius 3 is 2.82 bits per heavy atom. The molecule has 1 atom stereocenters. The molecule has 0 aliphatic carbocycles. The highest BCUT2D eigenvalue weighted by molar-refractivity contribution is 8.15. The molecule has 0 saturated carbocycles. The van der Waals surface area contributed by atoms with Gasteiger partial charge < -0.3 is 20.1 Å². The van der Waals surface area contributed by atoms with E-state index in [4.69, 9.17) is 4.52 Å². The smallest absolute Gasteiger partial charge is 0.262 e. The number of anilines is 1. The number of carbonyl (C=O) groups is 3. The molecule has 2 aliphatic rings. The summed E-state index contributed by atoms with van der Waals surface area (Å²) in [5.74, 6) is 0.351. The van der Waals surface area contributed by atoms with E-state index in [2.05, 4.69) is 30.7 Å². The molecule has 34 heavy (non-hydrogen) atoms. The second-order valence-electron chi connectivity index (χ2n) is 8.31. The first kappa shape index (κ1) is 23.9. The van der Waals surface area contributed by atoms with Crippen LogP contribution in [0.15, 0.2) is 33.8 Å². The predicted octanol–water partition coefficient (Wildman–Crippen LogP) is 2.55. The molecule has 1 aromatic carbocycles. The van der Waals surface area contributed by atoms with Gasteiger partial charge in [-0.25, -0.2) is 0 Å². The molecule has 1 saturated heterocycles. The van der Waals surface area contributed by atoms with Crippen LogP contribution in [0.1, 0.15) is 54.2 Å². The van der Waals surface area contributed by atoms with Gasteiger partial charge in [0.25, 0.3) is 11.8 Å². The fourth-order valence-corrected chi connectivity index (χ4v) is 4.95. The number of aliphatic imine (C=N–C) groups is 1. The minimum absolute atomic E-state index is 0.0376. The van der Waals surface area contributed by atoms with Gasteiger partial charge in [0.1, 0.15) is 5.25 Å². The number of amides is 3. The van der Waals surface area contributed by atoms with Crippen molar-refractivity contribution >= 4 is 40.3 Å². The summed E-state index contributed by atoms with van der Waals surface area (Å²) in [5.41, 5.74) is 0.945. The fraction of sp³-hybridized carbons (Fsp3) is 0.478. The molecular weight excluding hydrogens is 456 g/mol. The minimum Gasteiger partial charge on any atom is -0.352 e. The first-order valence-corrected chi connectivity index (χ1v) is 12.4. The monoisotopic (exact) mass is 484 g/mol. The van der Waals surface area contributed by atoms with Gasteiger partial charge in [-0.15, -0.1) is 0 Å². The number of benzene rings is 1. The normalized spacial score (nSPS) is 18.0. The molecule has 0 spiro atoms. The third-order valence-corrected chi connectivity index (χ3v) is 6.77. The number of aryl methyl sites for hydroxylation is 2. The average Bonchev–Trinajstić information content (AvgIpc) is 3.42.